The van der Waals surface area contributed by atoms with Crippen molar-refractivity contribution >= 4 is 11.4 Å². The third-order valence-electron chi connectivity index (χ3n) is 2.87. The first kappa shape index (κ1) is 10.0. The highest BCUT2D eigenvalue weighted by molar-refractivity contribution is 5.75. The van der Waals surface area contributed by atoms with E-state index in [0.717, 1.165) is 34.2 Å². The molecule has 5 heteroatoms. The standard InChI is InChI=1S/C12H12N2O3/c1-15-8-3-7-4-10-9(6-13-17-10)14-12(7)11(5-8)16-2/h3,5-6,14H,4H2,1-2H3. The molecule has 1 aliphatic heterocycles. The van der Waals surface area contributed by atoms with Crippen LogP contribution in [0.3, 0.4) is 0 Å². The van der Waals surface area contributed by atoms with Gasteiger partial charge in [0.1, 0.15) is 17.2 Å². The summed E-state index contributed by atoms with van der Waals surface area (Å²) in [5.74, 6) is 2.35. The van der Waals surface area contributed by atoms with E-state index in [1.807, 2.05) is 12.1 Å². The molecule has 0 fully saturated rings. The molecule has 0 aliphatic carbocycles. The molecule has 1 aromatic heterocycles. The van der Waals surface area contributed by atoms with Crippen LogP contribution in [0.1, 0.15) is 11.3 Å². The number of nitrogens with zero attached hydrogens (tertiary/aromatic N) is 1. The molecule has 0 spiro atoms. The molecule has 3 rings (SSSR count). The largest absolute Gasteiger partial charge is 0.497 e. The Hall–Kier alpha value is -2.17. The maximum Gasteiger partial charge on any atom is 0.164 e. The predicted octanol–water partition coefficient (Wildman–Crippen LogP) is 2.34. The van der Waals surface area contributed by atoms with E-state index in [2.05, 4.69) is 10.5 Å². The highest BCUT2D eigenvalue weighted by atomic mass is 16.5. The molecule has 0 amide bonds. The van der Waals surface area contributed by atoms with Crippen molar-refractivity contribution < 1.29 is 14.0 Å². The molecule has 5 nitrogen and oxygen atoms in total. The molecule has 1 aliphatic rings. The highest BCUT2D eigenvalue weighted by Crippen LogP contribution is 2.41. The topological polar surface area (TPSA) is 56.5 Å². The van der Waals surface area contributed by atoms with Crippen molar-refractivity contribution in [2.75, 3.05) is 19.5 Å². The summed E-state index contributed by atoms with van der Waals surface area (Å²) >= 11 is 0. The quantitative estimate of drug-likeness (QED) is 0.735. The minimum Gasteiger partial charge on any atom is -0.497 e. The Balaban J connectivity index is 2.12. The Bertz CT molecular complexity index is 563. The van der Waals surface area contributed by atoms with Crippen molar-refractivity contribution in [2.45, 2.75) is 6.42 Å². The van der Waals surface area contributed by atoms with Gasteiger partial charge in [0.15, 0.2) is 5.76 Å². The van der Waals surface area contributed by atoms with Gasteiger partial charge in [0.2, 0.25) is 0 Å². The molecule has 0 radical (unpaired) electrons. The second-order valence-corrected chi connectivity index (χ2v) is 3.83. The van der Waals surface area contributed by atoms with Crippen molar-refractivity contribution in [1.82, 2.24) is 5.16 Å². The number of ether oxygens (including phenoxy) is 2. The maximum absolute atomic E-state index is 5.35. The van der Waals surface area contributed by atoms with Crippen LogP contribution < -0.4 is 14.8 Å². The summed E-state index contributed by atoms with van der Waals surface area (Å²) in [4.78, 5) is 0. The summed E-state index contributed by atoms with van der Waals surface area (Å²) in [5.41, 5.74) is 2.91. The molecule has 0 saturated heterocycles. The van der Waals surface area contributed by atoms with Gasteiger partial charge < -0.3 is 19.3 Å². The Morgan fingerprint density at radius 1 is 1.29 bits per heavy atom. The highest BCUT2D eigenvalue weighted by Gasteiger charge is 2.22. The van der Waals surface area contributed by atoms with Crippen molar-refractivity contribution in [2.24, 2.45) is 0 Å². The Kier molecular flexibility index (Phi) is 2.18. The minimum atomic E-state index is 0.686. The molecule has 2 aromatic rings. The van der Waals surface area contributed by atoms with E-state index in [4.69, 9.17) is 14.0 Å². The Morgan fingerprint density at radius 3 is 2.94 bits per heavy atom. The van der Waals surface area contributed by atoms with Crippen LogP contribution in [-0.4, -0.2) is 19.4 Å². The fourth-order valence-corrected chi connectivity index (χ4v) is 2.01. The van der Waals surface area contributed by atoms with E-state index >= 15 is 0 Å². The Labute approximate surface area is 98.3 Å². The lowest BCUT2D eigenvalue weighted by molar-refractivity contribution is 0.385. The monoisotopic (exact) mass is 232 g/mol. The van der Waals surface area contributed by atoms with Gasteiger partial charge in [-0.1, -0.05) is 5.16 Å². The van der Waals surface area contributed by atoms with Crippen LogP contribution in [0.2, 0.25) is 0 Å². The summed E-state index contributed by atoms with van der Waals surface area (Å²) < 4.78 is 15.8. The third-order valence-corrected chi connectivity index (χ3v) is 2.87. The van der Waals surface area contributed by atoms with E-state index < -0.39 is 0 Å². The summed E-state index contributed by atoms with van der Waals surface area (Å²) in [6.07, 6.45) is 2.35. The van der Waals surface area contributed by atoms with Crippen LogP contribution in [0.15, 0.2) is 22.9 Å². The van der Waals surface area contributed by atoms with Gasteiger partial charge in [-0.2, -0.15) is 0 Å². The molecule has 0 saturated carbocycles. The molecule has 1 aromatic carbocycles. The van der Waals surface area contributed by atoms with Crippen molar-refractivity contribution in [3.63, 3.8) is 0 Å². The van der Waals surface area contributed by atoms with Gasteiger partial charge in [0.05, 0.1) is 26.1 Å². The number of fused-ring (bicyclic) bond motifs is 2. The van der Waals surface area contributed by atoms with Crippen LogP contribution >= 0.6 is 0 Å². The second kappa shape index (κ2) is 3.69. The molecular formula is C12H12N2O3. The van der Waals surface area contributed by atoms with Crippen molar-refractivity contribution in [1.29, 1.82) is 0 Å². The van der Waals surface area contributed by atoms with Crippen LogP contribution in [-0.2, 0) is 6.42 Å². The first-order chi connectivity index (χ1) is 8.31. The van der Waals surface area contributed by atoms with Crippen LogP contribution in [0.25, 0.3) is 0 Å². The summed E-state index contributed by atoms with van der Waals surface area (Å²) in [6.45, 7) is 0. The summed E-state index contributed by atoms with van der Waals surface area (Å²) in [7, 11) is 3.27. The van der Waals surface area contributed by atoms with Crippen molar-refractivity contribution in [3.8, 4) is 11.5 Å². The van der Waals surface area contributed by atoms with E-state index in [1.165, 1.54) is 0 Å². The number of benzene rings is 1. The average Bonchev–Trinajstić information content (AvgIpc) is 2.81. The zero-order valence-electron chi connectivity index (χ0n) is 9.61. The van der Waals surface area contributed by atoms with Crippen molar-refractivity contribution in [3.05, 3.63) is 29.7 Å². The Morgan fingerprint density at radius 2 is 2.18 bits per heavy atom. The van der Waals surface area contributed by atoms with Gasteiger partial charge in [-0.15, -0.1) is 0 Å². The molecule has 88 valence electrons. The predicted molar refractivity (Wildman–Crippen MR) is 62.1 cm³/mol. The van der Waals surface area contributed by atoms with E-state index in [0.29, 0.717) is 6.42 Å². The number of aromatic nitrogens is 1. The maximum atomic E-state index is 5.35. The lowest BCUT2D eigenvalue weighted by atomic mass is 10.0. The van der Waals surface area contributed by atoms with Gasteiger partial charge in [-0.25, -0.2) is 0 Å². The molecule has 17 heavy (non-hydrogen) atoms. The number of anilines is 2. The normalized spacial score (nSPS) is 12.4. The molecule has 0 bridgehead atoms. The van der Waals surface area contributed by atoms with E-state index in [1.54, 1.807) is 20.4 Å². The lowest BCUT2D eigenvalue weighted by Crippen LogP contribution is -2.06. The first-order valence-corrected chi connectivity index (χ1v) is 5.27. The smallest absolute Gasteiger partial charge is 0.164 e. The zero-order valence-corrected chi connectivity index (χ0v) is 9.61. The molecule has 0 unspecified atom stereocenters. The fourth-order valence-electron chi connectivity index (χ4n) is 2.01. The van der Waals surface area contributed by atoms with Gasteiger partial charge in [0, 0.05) is 12.5 Å². The molecule has 2 heterocycles. The number of hydrogen-bond donors (Lipinski definition) is 1. The van der Waals surface area contributed by atoms with Gasteiger partial charge in [-0.3, -0.25) is 0 Å². The average molecular weight is 232 g/mol. The fraction of sp³-hybridized carbons (Fsp3) is 0.250. The number of nitrogens with one attached hydrogen (secondary N) is 1. The first-order valence-electron chi connectivity index (χ1n) is 5.27. The van der Waals surface area contributed by atoms with Gasteiger partial charge in [0.25, 0.3) is 0 Å². The van der Waals surface area contributed by atoms with Gasteiger partial charge >= 0.3 is 0 Å². The number of methoxy groups -OCH3 is 2. The van der Waals surface area contributed by atoms with E-state index in [9.17, 15) is 0 Å². The SMILES string of the molecule is COc1cc2c(c(OC)c1)Nc1cnoc1C2. The summed E-state index contributed by atoms with van der Waals surface area (Å²) in [6, 6.07) is 3.82. The summed E-state index contributed by atoms with van der Waals surface area (Å²) in [5, 5.41) is 7.03. The van der Waals surface area contributed by atoms with Gasteiger partial charge in [-0.05, 0) is 11.6 Å². The minimum absolute atomic E-state index is 0.686. The zero-order chi connectivity index (χ0) is 11.8. The van der Waals surface area contributed by atoms with Crippen LogP contribution in [0.4, 0.5) is 11.4 Å². The van der Waals surface area contributed by atoms with E-state index in [-0.39, 0.29) is 0 Å². The second-order valence-electron chi connectivity index (χ2n) is 3.83. The molecular weight excluding hydrogens is 220 g/mol. The molecule has 0 atom stereocenters. The number of rotatable bonds is 2. The van der Waals surface area contributed by atoms with Crippen LogP contribution in [0, 0.1) is 0 Å². The number of hydrogen-bond acceptors (Lipinski definition) is 5. The third kappa shape index (κ3) is 1.51. The molecule has 1 N–H and O–H groups in total. The lowest BCUT2D eigenvalue weighted by Gasteiger charge is -2.20. The van der Waals surface area contributed by atoms with Crippen LogP contribution in [0.5, 0.6) is 11.5 Å².